The zero-order valence-electron chi connectivity index (χ0n) is 14.4. The third-order valence-corrected chi connectivity index (χ3v) is 3.76. The Labute approximate surface area is 137 Å². The van der Waals surface area contributed by atoms with Gasteiger partial charge in [0.05, 0.1) is 12.6 Å². The van der Waals surface area contributed by atoms with Crippen LogP contribution in [0.15, 0.2) is 24.3 Å². The highest BCUT2D eigenvalue weighted by molar-refractivity contribution is 5.73. The molecule has 23 heavy (non-hydrogen) atoms. The largest absolute Gasteiger partial charge is 0.384 e. The fourth-order valence-electron chi connectivity index (χ4n) is 2.15. The Hall–Kier alpha value is -1.66. The number of benzene rings is 1. The molecule has 0 saturated heterocycles. The highest BCUT2D eigenvalue weighted by Gasteiger charge is 2.26. The van der Waals surface area contributed by atoms with Gasteiger partial charge in [0.15, 0.2) is 0 Å². The number of urea groups is 1. The molecule has 0 aliphatic heterocycles. The van der Waals surface area contributed by atoms with Gasteiger partial charge in [-0.3, -0.25) is 0 Å². The van der Waals surface area contributed by atoms with Crippen molar-refractivity contribution in [2.45, 2.75) is 39.4 Å². The maximum Gasteiger partial charge on any atom is 0.314 e. The summed E-state index contributed by atoms with van der Waals surface area (Å²) in [6.07, 6.45) is -0.120. The number of hydrogen-bond donors (Lipinski definition) is 3. The zero-order valence-corrected chi connectivity index (χ0v) is 14.4. The molecule has 1 rings (SSSR count). The molecule has 2 atom stereocenters. The average Bonchev–Trinajstić information content (AvgIpc) is 2.45. The Morgan fingerprint density at radius 3 is 2.26 bits per heavy atom. The van der Waals surface area contributed by atoms with Crippen molar-refractivity contribution in [2.75, 3.05) is 20.2 Å². The minimum atomic E-state index is -1.28. The summed E-state index contributed by atoms with van der Waals surface area (Å²) < 4.78 is 18.3. The molecule has 2 amide bonds. The number of amides is 2. The van der Waals surface area contributed by atoms with E-state index in [2.05, 4.69) is 10.6 Å². The predicted octanol–water partition coefficient (Wildman–Crippen LogP) is 2.39. The van der Waals surface area contributed by atoms with Crippen molar-refractivity contribution < 1.29 is 19.0 Å². The fourth-order valence-corrected chi connectivity index (χ4v) is 2.15. The fraction of sp³-hybridized carbons (Fsp3) is 0.588. The van der Waals surface area contributed by atoms with E-state index in [1.807, 2.05) is 20.8 Å². The van der Waals surface area contributed by atoms with Gasteiger partial charge in [0.1, 0.15) is 11.4 Å². The minimum absolute atomic E-state index is 0.0115. The van der Waals surface area contributed by atoms with Crippen LogP contribution in [0.2, 0.25) is 0 Å². The van der Waals surface area contributed by atoms with Crippen molar-refractivity contribution >= 4 is 6.03 Å². The first-order chi connectivity index (χ1) is 10.6. The Kier molecular flexibility index (Phi) is 6.53. The van der Waals surface area contributed by atoms with Gasteiger partial charge < -0.3 is 20.5 Å². The molecule has 0 fully saturated rings. The van der Waals surface area contributed by atoms with Gasteiger partial charge in [0, 0.05) is 13.7 Å². The van der Waals surface area contributed by atoms with Gasteiger partial charge in [0.2, 0.25) is 0 Å². The molecule has 0 aromatic heterocycles. The molecule has 0 heterocycles. The smallest absolute Gasteiger partial charge is 0.314 e. The van der Waals surface area contributed by atoms with E-state index in [4.69, 9.17) is 4.74 Å². The van der Waals surface area contributed by atoms with Crippen LogP contribution in [0.4, 0.5) is 9.18 Å². The maximum absolute atomic E-state index is 12.9. The zero-order chi connectivity index (χ0) is 17.7. The van der Waals surface area contributed by atoms with E-state index in [0.717, 1.165) is 0 Å². The van der Waals surface area contributed by atoms with Crippen molar-refractivity contribution in [2.24, 2.45) is 5.41 Å². The van der Waals surface area contributed by atoms with Crippen LogP contribution in [-0.4, -0.2) is 37.4 Å². The second-order valence-electron chi connectivity index (χ2n) is 6.93. The quantitative estimate of drug-likeness (QED) is 0.752. The number of ether oxygens (including phenoxy) is 1. The second-order valence-corrected chi connectivity index (χ2v) is 6.93. The van der Waals surface area contributed by atoms with Crippen molar-refractivity contribution in [3.8, 4) is 0 Å². The number of carbonyl (C=O) groups is 1. The van der Waals surface area contributed by atoms with Crippen molar-refractivity contribution in [1.82, 2.24) is 10.6 Å². The van der Waals surface area contributed by atoms with Crippen LogP contribution in [-0.2, 0) is 10.3 Å². The molecular weight excluding hydrogens is 299 g/mol. The van der Waals surface area contributed by atoms with Crippen molar-refractivity contribution in [3.63, 3.8) is 0 Å². The first-order valence-electron chi connectivity index (χ1n) is 7.59. The molecular formula is C17H27FN2O3. The molecule has 0 saturated carbocycles. The third-order valence-electron chi connectivity index (χ3n) is 3.76. The number of rotatable bonds is 6. The SMILES string of the molecule is COC(CNC(=O)NCC(C)(O)c1ccc(F)cc1)C(C)(C)C. The summed E-state index contributed by atoms with van der Waals surface area (Å²) in [6.45, 7) is 8.02. The highest BCUT2D eigenvalue weighted by atomic mass is 19.1. The van der Waals surface area contributed by atoms with Crippen LogP contribution < -0.4 is 10.6 Å². The summed E-state index contributed by atoms with van der Waals surface area (Å²) in [5.74, 6) is -0.372. The molecule has 6 heteroatoms. The minimum Gasteiger partial charge on any atom is -0.384 e. The Bertz CT molecular complexity index is 510. The van der Waals surface area contributed by atoms with E-state index < -0.39 is 11.6 Å². The van der Waals surface area contributed by atoms with Crippen molar-refractivity contribution in [3.05, 3.63) is 35.6 Å². The van der Waals surface area contributed by atoms with E-state index in [0.29, 0.717) is 12.1 Å². The van der Waals surface area contributed by atoms with E-state index in [-0.39, 0.29) is 23.9 Å². The molecule has 1 aromatic rings. The van der Waals surface area contributed by atoms with E-state index >= 15 is 0 Å². The topological polar surface area (TPSA) is 70.6 Å². The molecule has 2 unspecified atom stereocenters. The lowest BCUT2D eigenvalue weighted by molar-refractivity contribution is 0.0190. The van der Waals surface area contributed by atoms with Gasteiger partial charge >= 0.3 is 6.03 Å². The molecule has 0 aliphatic carbocycles. The number of methoxy groups -OCH3 is 1. The Morgan fingerprint density at radius 1 is 1.22 bits per heavy atom. The van der Waals surface area contributed by atoms with E-state index in [1.165, 1.54) is 24.3 Å². The predicted molar refractivity (Wildman–Crippen MR) is 87.6 cm³/mol. The van der Waals surface area contributed by atoms with Crippen LogP contribution in [0.5, 0.6) is 0 Å². The average molecular weight is 326 g/mol. The summed E-state index contributed by atoms with van der Waals surface area (Å²) in [5, 5.41) is 15.7. The normalized spacial score (nSPS) is 15.6. The molecule has 130 valence electrons. The Morgan fingerprint density at radius 2 is 1.78 bits per heavy atom. The molecule has 0 radical (unpaired) electrons. The van der Waals surface area contributed by atoms with Crippen LogP contribution in [0.1, 0.15) is 33.3 Å². The van der Waals surface area contributed by atoms with Crippen molar-refractivity contribution in [1.29, 1.82) is 0 Å². The van der Waals surface area contributed by atoms with E-state index in [1.54, 1.807) is 14.0 Å². The molecule has 5 nitrogen and oxygen atoms in total. The van der Waals surface area contributed by atoms with E-state index in [9.17, 15) is 14.3 Å². The third kappa shape index (κ3) is 6.15. The first-order valence-corrected chi connectivity index (χ1v) is 7.59. The number of nitrogens with one attached hydrogen (secondary N) is 2. The van der Waals surface area contributed by atoms with Gasteiger partial charge in [-0.05, 0) is 30.0 Å². The van der Waals surface area contributed by atoms with Crippen LogP contribution in [0.3, 0.4) is 0 Å². The molecule has 0 bridgehead atoms. The van der Waals surface area contributed by atoms with Crippen LogP contribution >= 0.6 is 0 Å². The first kappa shape index (κ1) is 19.4. The second kappa shape index (κ2) is 7.75. The number of halogens is 1. The lowest BCUT2D eigenvalue weighted by atomic mass is 9.89. The summed E-state index contributed by atoms with van der Waals surface area (Å²) >= 11 is 0. The van der Waals surface area contributed by atoms with Gasteiger partial charge in [0.25, 0.3) is 0 Å². The summed E-state index contributed by atoms with van der Waals surface area (Å²) in [6, 6.07) is 5.15. The maximum atomic E-state index is 12.9. The van der Waals surface area contributed by atoms with Gasteiger partial charge in [-0.2, -0.15) is 0 Å². The van der Waals surface area contributed by atoms with Gasteiger partial charge in [-0.1, -0.05) is 32.9 Å². The standard InChI is InChI=1S/C17H27FN2O3/c1-16(2,3)14(23-5)10-19-15(21)20-11-17(4,22)12-6-8-13(18)9-7-12/h6-9,14,22H,10-11H2,1-5H3,(H2,19,20,21). The lowest BCUT2D eigenvalue weighted by Gasteiger charge is -2.30. The number of carbonyl (C=O) groups excluding carboxylic acids is 1. The molecule has 0 aliphatic rings. The molecule has 0 spiro atoms. The Balaban J connectivity index is 2.50. The summed E-state index contributed by atoms with van der Waals surface area (Å²) in [7, 11) is 1.61. The summed E-state index contributed by atoms with van der Waals surface area (Å²) in [4.78, 5) is 11.9. The van der Waals surface area contributed by atoms with Crippen LogP contribution in [0, 0.1) is 11.2 Å². The summed E-state index contributed by atoms with van der Waals surface area (Å²) in [5.41, 5.74) is -0.846. The molecule has 1 aromatic carbocycles. The molecule has 3 N–H and O–H groups in total. The van der Waals surface area contributed by atoms with Crippen LogP contribution in [0.25, 0.3) is 0 Å². The number of aliphatic hydroxyl groups is 1. The highest BCUT2D eigenvalue weighted by Crippen LogP contribution is 2.21. The van der Waals surface area contributed by atoms with Gasteiger partial charge in [-0.25, -0.2) is 9.18 Å². The number of hydrogen-bond acceptors (Lipinski definition) is 3. The monoisotopic (exact) mass is 326 g/mol. The van der Waals surface area contributed by atoms with Gasteiger partial charge in [-0.15, -0.1) is 0 Å². The lowest BCUT2D eigenvalue weighted by Crippen LogP contribution is -2.47.